The normalized spacial score (nSPS) is 11.0. The molecule has 21 heavy (non-hydrogen) atoms. The zero-order valence-electron chi connectivity index (χ0n) is 13.9. The van der Waals surface area contributed by atoms with Crippen LogP contribution in [0.2, 0.25) is 0 Å². The lowest BCUT2D eigenvalue weighted by molar-refractivity contribution is 0.544. The fourth-order valence-electron chi connectivity index (χ4n) is 2.82. The third-order valence-corrected chi connectivity index (χ3v) is 4.76. The van der Waals surface area contributed by atoms with Crippen LogP contribution < -0.4 is 0 Å². The van der Waals surface area contributed by atoms with E-state index in [2.05, 4.69) is 47.1 Å². The third kappa shape index (κ3) is 11.0. The van der Waals surface area contributed by atoms with Crippen LogP contribution in [0.1, 0.15) is 89.5 Å². The highest BCUT2D eigenvalue weighted by atomic mass is 79.9. The minimum atomic E-state index is 1.18. The van der Waals surface area contributed by atoms with E-state index in [4.69, 9.17) is 0 Å². The molecule has 0 aliphatic heterocycles. The molecule has 0 aliphatic carbocycles. The summed E-state index contributed by atoms with van der Waals surface area (Å²) in [6, 6.07) is 8.77. The largest absolute Gasteiger partial charge is 0.0654 e. The highest BCUT2D eigenvalue weighted by Crippen LogP contribution is 2.15. The molecule has 0 amide bonds. The molecule has 0 spiro atoms. The summed E-state index contributed by atoms with van der Waals surface area (Å²) in [6.07, 6.45) is 18.4. The van der Waals surface area contributed by atoms with Crippen molar-refractivity contribution in [3.05, 3.63) is 34.3 Å². The van der Waals surface area contributed by atoms with E-state index in [0.717, 1.165) is 0 Å². The first-order chi connectivity index (χ1) is 10.3. The van der Waals surface area contributed by atoms with E-state index < -0.39 is 0 Å². The monoisotopic (exact) mass is 352 g/mol. The predicted octanol–water partition coefficient (Wildman–Crippen LogP) is 7.69. The molecular formula is C20H33Br. The fourth-order valence-corrected chi connectivity index (χ4v) is 3.09. The molecule has 0 unspecified atom stereocenters. The predicted molar refractivity (Wildman–Crippen MR) is 98.9 cm³/mol. The average Bonchev–Trinajstić information content (AvgIpc) is 2.50. The van der Waals surface area contributed by atoms with E-state index in [-0.39, 0.29) is 0 Å². The molecule has 0 fully saturated rings. The highest BCUT2D eigenvalue weighted by Gasteiger charge is 1.95. The molecule has 1 aromatic rings. The lowest BCUT2D eigenvalue weighted by Gasteiger charge is -2.03. The van der Waals surface area contributed by atoms with Gasteiger partial charge in [-0.3, -0.25) is 0 Å². The first kappa shape index (κ1) is 18.7. The number of unbranched alkanes of at least 4 members (excludes halogenated alkanes) is 11. The summed E-state index contributed by atoms with van der Waals surface area (Å²) in [7, 11) is 0. The summed E-state index contributed by atoms with van der Waals surface area (Å²) in [4.78, 5) is 0. The van der Waals surface area contributed by atoms with Crippen LogP contribution in [-0.4, -0.2) is 0 Å². The summed E-state index contributed by atoms with van der Waals surface area (Å²) in [5.41, 5.74) is 1.48. The number of rotatable bonds is 13. The number of hydrogen-bond donors (Lipinski definition) is 0. The van der Waals surface area contributed by atoms with Crippen molar-refractivity contribution in [1.82, 2.24) is 0 Å². The molecule has 0 nitrogen and oxygen atoms in total. The van der Waals surface area contributed by atoms with Crippen molar-refractivity contribution < 1.29 is 0 Å². The quantitative estimate of drug-likeness (QED) is 0.319. The first-order valence-corrected chi connectivity index (χ1v) is 9.86. The first-order valence-electron chi connectivity index (χ1n) is 9.07. The maximum Gasteiger partial charge on any atom is 0.0175 e. The van der Waals surface area contributed by atoms with Gasteiger partial charge in [0.05, 0.1) is 0 Å². The van der Waals surface area contributed by atoms with Crippen molar-refractivity contribution in [1.29, 1.82) is 0 Å². The second kappa shape index (κ2) is 13.4. The van der Waals surface area contributed by atoms with Crippen LogP contribution in [0.5, 0.6) is 0 Å². The summed E-state index contributed by atoms with van der Waals surface area (Å²) in [6.45, 7) is 2.29. The minimum Gasteiger partial charge on any atom is -0.0654 e. The Morgan fingerprint density at radius 1 is 0.619 bits per heavy atom. The average molecular weight is 353 g/mol. The van der Waals surface area contributed by atoms with E-state index in [9.17, 15) is 0 Å². The van der Waals surface area contributed by atoms with Crippen LogP contribution in [0.15, 0.2) is 28.7 Å². The van der Waals surface area contributed by atoms with Crippen molar-refractivity contribution in [2.75, 3.05) is 0 Å². The molecule has 1 heteroatoms. The molecule has 0 aromatic heterocycles. The molecule has 1 rings (SSSR count). The van der Waals surface area contributed by atoms with Gasteiger partial charge in [0.25, 0.3) is 0 Å². The Morgan fingerprint density at radius 2 is 1.05 bits per heavy atom. The standard InChI is InChI=1S/C20H33Br/c1-2-3-4-5-6-7-8-9-10-11-12-13-14-19-15-17-20(21)18-16-19/h15-18H,2-14H2,1H3. The lowest BCUT2D eigenvalue weighted by atomic mass is 10.0. The van der Waals surface area contributed by atoms with Crippen molar-refractivity contribution in [2.24, 2.45) is 0 Å². The van der Waals surface area contributed by atoms with E-state index in [0.29, 0.717) is 0 Å². The Kier molecular flexibility index (Phi) is 11.9. The van der Waals surface area contributed by atoms with Gasteiger partial charge in [-0.1, -0.05) is 106 Å². The summed E-state index contributed by atoms with van der Waals surface area (Å²) < 4.78 is 1.18. The van der Waals surface area contributed by atoms with Gasteiger partial charge >= 0.3 is 0 Å². The third-order valence-electron chi connectivity index (χ3n) is 4.23. The molecular weight excluding hydrogens is 320 g/mol. The molecule has 0 bridgehead atoms. The molecule has 0 atom stereocenters. The Bertz CT molecular complexity index is 328. The molecule has 0 N–H and O–H groups in total. The topological polar surface area (TPSA) is 0 Å². The Labute approximate surface area is 140 Å². The number of aryl methyl sites for hydroxylation is 1. The number of hydrogen-bond acceptors (Lipinski definition) is 0. The number of halogens is 1. The van der Waals surface area contributed by atoms with E-state index in [1.54, 1.807) is 0 Å². The summed E-state index contributed by atoms with van der Waals surface area (Å²) in [5, 5.41) is 0. The van der Waals surface area contributed by atoms with Crippen molar-refractivity contribution in [3.63, 3.8) is 0 Å². The smallest absolute Gasteiger partial charge is 0.0175 e. The maximum atomic E-state index is 3.49. The van der Waals surface area contributed by atoms with Gasteiger partial charge in [0.15, 0.2) is 0 Å². The van der Waals surface area contributed by atoms with Gasteiger partial charge in [-0.15, -0.1) is 0 Å². The van der Waals surface area contributed by atoms with Gasteiger partial charge in [-0.25, -0.2) is 0 Å². The van der Waals surface area contributed by atoms with Gasteiger partial charge in [0.2, 0.25) is 0 Å². The second-order valence-electron chi connectivity index (χ2n) is 6.27. The summed E-state index contributed by atoms with van der Waals surface area (Å²) >= 11 is 3.49. The molecule has 1 aromatic carbocycles. The molecule has 0 heterocycles. The van der Waals surface area contributed by atoms with Gasteiger partial charge in [0, 0.05) is 4.47 Å². The van der Waals surface area contributed by atoms with Crippen molar-refractivity contribution in [2.45, 2.75) is 90.4 Å². The van der Waals surface area contributed by atoms with Gasteiger partial charge in [-0.2, -0.15) is 0 Å². The molecule has 0 saturated carbocycles. The molecule has 0 aliphatic rings. The van der Waals surface area contributed by atoms with E-state index in [1.165, 1.54) is 93.5 Å². The van der Waals surface area contributed by atoms with E-state index >= 15 is 0 Å². The van der Waals surface area contributed by atoms with Crippen LogP contribution in [0.4, 0.5) is 0 Å². The molecule has 0 radical (unpaired) electrons. The van der Waals surface area contributed by atoms with Gasteiger partial charge < -0.3 is 0 Å². The Balaban J connectivity index is 1.81. The van der Waals surface area contributed by atoms with Crippen LogP contribution in [0.25, 0.3) is 0 Å². The highest BCUT2D eigenvalue weighted by molar-refractivity contribution is 9.10. The van der Waals surface area contributed by atoms with Crippen LogP contribution >= 0.6 is 15.9 Å². The molecule has 120 valence electrons. The van der Waals surface area contributed by atoms with E-state index in [1.807, 2.05) is 0 Å². The Morgan fingerprint density at radius 3 is 1.52 bits per heavy atom. The Hall–Kier alpha value is -0.300. The summed E-state index contributed by atoms with van der Waals surface area (Å²) in [5.74, 6) is 0. The maximum absolute atomic E-state index is 3.49. The van der Waals surface area contributed by atoms with Crippen LogP contribution in [0, 0.1) is 0 Å². The van der Waals surface area contributed by atoms with Crippen molar-refractivity contribution >= 4 is 15.9 Å². The van der Waals surface area contributed by atoms with Crippen LogP contribution in [-0.2, 0) is 6.42 Å². The minimum absolute atomic E-state index is 1.18. The SMILES string of the molecule is CCCCCCCCCCCCCCc1ccc(Br)cc1. The lowest BCUT2D eigenvalue weighted by Crippen LogP contribution is -1.86. The van der Waals surface area contributed by atoms with Crippen LogP contribution in [0.3, 0.4) is 0 Å². The van der Waals surface area contributed by atoms with Crippen molar-refractivity contribution in [3.8, 4) is 0 Å². The zero-order chi connectivity index (χ0) is 15.2. The second-order valence-corrected chi connectivity index (χ2v) is 7.18. The van der Waals surface area contributed by atoms with Gasteiger partial charge in [0.1, 0.15) is 0 Å². The van der Waals surface area contributed by atoms with Gasteiger partial charge in [-0.05, 0) is 30.5 Å². The zero-order valence-corrected chi connectivity index (χ0v) is 15.5. The number of benzene rings is 1. The fraction of sp³-hybridized carbons (Fsp3) is 0.700. The molecule has 0 saturated heterocycles.